The van der Waals surface area contributed by atoms with Crippen molar-refractivity contribution in [3.8, 4) is 5.75 Å². The summed E-state index contributed by atoms with van der Waals surface area (Å²) in [6.45, 7) is 12.2. The van der Waals surface area contributed by atoms with Crippen LogP contribution in [0.25, 0.3) is 5.57 Å². The van der Waals surface area contributed by atoms with Gasteiger partial charge in [-0.15, -0.1) is 0 Å². The zero-order chi connectivity index (χ0) is 28.9. The van der Waals surface area contributed by atoms with Crippen molar-refractivity contribution in [3.63, 3.8) is 0 Å². The number of rotatable bonds is 12. The van der Waals surface area contributed by atoms with Gasteiger partial charge in [0.2, 0.25) is 5.82 Å². The smallest absolute Gasteiger partial charge is 0.251 e. The Morgan fingerprint density at radius 1 is 1.03 bits per heavy atom. The summed E-state index contributed by atoms with van der Waals surface area (Å²) < 4.78 is 33.5. The standard InChI is InChI=1S/C31H40F2N4O2/c1-8-16-34-30(21(6)35-18-20(5)25-14-15-27(39-7)29(33)28(25)32)37-24-12-13-26(23(11-4)17-24)31(38)36-19-22(9-2)10-3/h8,12-18,22H,9-11,19H2,1-7H3,(H,34,37)(H,36,38)/b16-8-,20-18+,35-21+. The lowest BCUT2D eigenvalue weighted by Gasteiger charge is -2.16. The van der Waals surface area contributed by atoms with Crippen LogP contribution in [0.4, 0.5) is 14.5 Å². The van der Waals surface area contributed by atoms with Crippen LogP contribution in [0, 0.1) is 17.6 Å². The Morgan fingerprint density at radius 3 is 2.33 bits per heavy atom. The molecule has 0 aliphatic carbocycles. The molecule has 6 nitrogen and oxygen atoms in total. The number of ether oxygens (including phenoxy) is 1. The minimum Gasteiger partial charge on any atom is -0.494 e. The third kappa shape index (κ3) is 8.60. The molecule has 0 spiro atoms. The molecule has 0 aliphatic rings. The van der Waals surface area contributed by atoms with E-state index < -0.39 is 11.6 Å². The van der Waals surface area contributed by atoms with E-state index in [2.05, 4.69) is 34.5 Å². The highest BCUT2D eigenvalue weighted by molar-refractivity contribution is 6.45. The van der Waals surface area contributed by atoms with Crippen molar-refractivity contribution < 1.29 is 18.3 Å². The van der Waals surface area contributed by atoms with Gasteiger partial charge in [0, 0.05) is 35.8 Å². The summed E-state index contributed by atoms with van der Waals surface area (Å²) in [4.78, 5) is 21.8. The number of nitrogens with zero attached hydrogens (tertiary/aromatic N) is 2. The average Bonchev–Trinajstić information content (AvgIpc) is 2.95. The Labute approximate surface area is 231 Å². The molecule has 0 heterocycles. The quantitative estimate of drug-likeness (QED) is 0.216. The van der Waals surface area contributed by atoms with Gasteiger partial charge in [0.1, 0.15) is 0 Å². The minimum atomic E-state index is -1.04. The number of hydrogen-bond acceptors (Lipinski definition) is 4. The molecule has 0 atom stereocenters. The second kappa shape index (κ2) is 15.6. The van der Waals surface area contributed by atoms with Crippen molar-refractivity contribution in [2.45, 2.75) is 60.8 Å². The fraction of sp³-hybridized carbons (Fsp3) is 0.387. The highest BCUT2D eigenvalue weighted by atomic mass is 19.2. The number of aryl methyl sites for hydroxylation is 1. The zero-order valence-electron chi connectivity index (χ0n) is 24.0. The number of methoxy groups -OCH3 is 1. The Morgan fingerprint density at radius 2 is 1.72 bits per heavy atom. The van der Waals surface area contributed by atoms with E-state index in [9.17, 15) is 13.6 Å². The van der Waals surface area contributed by atoms with Gasteiger partial charge < -0.3 is 15.4 Å². The lowest BCUT2D eigenvalue weighted by Crippen LogP contribution is -2.29. The van der Waals surface area contributed by atoms with E-state index >= 15 is 0 Å². The monoisotopic (exact) mass is 538 g/mol. The molecular formula is C31H40F2N4O2. The Kier molecular flexibility index (Phi) is 12.5. The van der Waals surface area contributed by atoms with Crippen molar-refractivity contribution in [3.05, 3.63) is 77.1 Å². The van der Waals surface area contributed by atoms with Crippen LogP contribution in [-0.4, -0.2) is 31.1 Å². The number of allylic oxidation sites excluding steroid dienone is 2. The summed E-state index contributed by atoms with van der Waals surface area (Å²) in [7, 11) is 1.29. The molecule has 0 saturated carbocycles. The fourth-order valence-electron chi connectivity index (χ4n) is 3.92. The molecule has 0 radical (unpaired) electrons. The van der Waals surface area contributed by atoms with Crippen LogP contribution in [-0.2, 0) is 6.42 Å². The molecule has 0 aromatic heterocycles. The first-order valence-corrected chi connectivity index (χ1v) is 13.3. The lowest BCUT2D eigenvalue weighted by atomic mass is 10.0. The highest BCUT2D eigenvalue weighted by Crippen LogP contribution is 2.27. The predicted octanol–water partition coefficient (Wildman–Crippen LogP) is 7.57. The number of anilines is 1. The maximum Gasteiger partial charge on any atom is 0.251 e. The van der Waals surface area contributed by atoms with Crippen molar-refractivity contribution in [2.75, 3.05) is 19.0 Å². The van der Waals surface area contributed by atoms with Gasteiger partial charge in [-0.2, -0.15) is 4.39 Å². The molecule has 0 bridgehead atoms. The summed E-state index contributed by atoms with van der Waals surface area (Å²) in [5, 5.41) is 6.34. The van der Waals surface area contributed by atoms with Gasteiger partial charge in [-0.3, -0.25) is 9.79 Å². The molecule has 2 N–H and O–H groups in total. The number of amidine groups is 1. The number of benzene rings is 2. The van der Waals surface area contributed by atoms with E-state index in [0.29, 0.717) is 41.6 Å². The number of hydrogen-bond donors (Lipinski definition) is 2. The van der Waals surface area contributed by atoms with E-state index in [4.69, 9.17) is 4.74 Å². The van der Waals surface area contributed by atoms with Gasteiger partial charge in [-0.1, -0.05) is 39.7 Å². The van der Waals surface area contributed by atoms with Gasteiger partial charge in [0.25, 0.3) is 5.91 Å². The van der Waals surface area contributed by atoms with Crippen LogP contribution in [0.3, 0.4) is 0 Å². The van der Waals surface area contributed by atoms with E-state index in [-0.39, 0.29) is 17.2 Å². The van der Waals surface area contributed by atoms with Crippen LogP contribution >= 0.6 is 0 Å². The van der Waals surface area contributed by atoms with Crippen LogP contribution in [0.2, 0.25) is 0 Å². The molecule has 8 heteroatoms. The lowest BCUT2D eigenvalue weighted by molar-refractivity contribution is 0.0945. The molecule has 0 aliphatic heterocycles. The number of carbonyl (C=O) groups excluding carboxylic acids is 1. The SMILES string of the molecule is C\C=C/N=C(Nc1ccc(C(=O)NCC(CC)CC)c(CC)c1)\C(C)=N\C=C(/C)c1ccc(OC)c(F)c1F. The third-order valence-corrected chi connectivity index (χ3v) is 6.54. The Hall–Kier alpha value is -3.81. The summed E-state index contributed by atoms with van der Waals surface area (Å²) in [6, 6.07) is 8.41. The summed E-state index contributed by atoms with van der Waals surface area (Å²) >= 11 is 0. The van der Waals surface area contributed by atoms with Crippen molar-refractivity contribution in [2.24, 2.45) is 15.9 Å². The van der Waals surface area contributed by atoms with Crippen LogP contribution in [0.5, 0.6) is 5.75 Å². The first kappa shape index (κ1) is 31.4. The maximum atomic E-state index is 14.5. The van der Waals surface area contributed by atoms with Gasteiger partial charge in [-0.25, -0.2) is 9.38 Å². The molecule has 2 aromatic carbocycles. The van der Waals surface area contributed by atoms with E-state index in [0.717, 1.165) is 24.1 Å². The maximum absolute atomic E-state index is 14.5. The largest absolute Gasteiger partial charge is 0.494 e. The topological polar surface area (TPSA) is 75.1 Å². The molecule has 1 amide bonds. The molecular weight excluding hydrogens is 498 g/mol. The van der Waals surface area contributed by atoms with Gasteiger partial charge in [0.15, 0.2) is 17.4 Å². The zero-order valence-corrected chi connectivity index (χ0v) is 24.0. The van der Waals surface area contributed by atoms with Crippen molar-refractivity contribution in [1.29, 1.82) is 0 Å². The van der Waals surface area contributed by atoms with Crippen LogP contribution < -0.4 is 15.4 Å². The highest BCUT2D eigenvalue weighted by Gasteiger charge is 2.16. The average molecular weight is 539 g/mol. The fourth-order valence-corrected chi connectivity index (χ4v) is 3.92. The van der Waals surface area contributed by atoms with Crippen LogP contribution in [0.15, 0.2) is 58.8 Å². The molecule has 2 rings (SSSR count). The Balaban J connectivity index is 2.30. The molecule has 2 aromatic rings. The molecule has 210 valence electrons. The summed E-state index contributed by atoms with van der Waals surface area (Å²) in [6.07, 6.45) is 7.63. The van der Waals surface area contributed by atoms with Crippen LogP contribution in [0.1, 0.15) is 75.9 Å². The second-order valence-electron chi connectivity index (χ2n) is 9.17. The van der Waals surface area contributed by atoms with E-state index in [1.165, 1.54) is 25.4 Å². The van der Waals surface area contributed by atoms with Crippen molar-refractivity contribution >= 4 is 28.7 Å². The molecule has 0 unspecified atom stereocenters. The Bertz CT molecular complexity index is 1260. The molecule has 39 heavy (non-hydrogen) atoms. The predicted molar refractivity (Wildman–Crippen MR) is 158 cm³/mol. The van der Waals surface area contributed by atoms with Crippen molar-refractivity contribution in [1.82, 2.24) is 5.32 Å². The first-order valence-electron chi connectivity index (χ1n) is 13.3. The van der Waals surface area contributed by atoms with E-state index in [1.807, 2.05) is 32.0 Å². The number of nitrogens with one attached hydrogen (secondary N) is 2. The first-order chi connectivity index (χ1) is 18.7. The van der Waals surface area contributed by atoms with E-state index in [1.54, 1.807) is 26.1 Å². The molecule has 0 fully saturated rings. The minimum absolute atomic E-state index is 0.0753. The third-order valence-electron chi connectivity index (χ3n) is 6.54. The number of halogens is 2. The normalized spacial score (nSPS) is 12.8. The summed E-state index contributed by atoms with van der Waals surface area (Å²) in [5.74, 6) is -1.33. The van der Waals surface area contributed by atoms with Gasteiger partial charge in [-0.05, 0) is 74.6 Å². The van der Waals surface area contributed by atoms with Gasteiger partial charge in [0.05, 0.1) is 12.8 Å². The number of aliphatic imine (C=N–C) groups is 2. The molecule has 0 saturated heterocycles. The summed E-state index contributed by atoms with van der Waals surface area (Å²) in [5.41, 5.74) is 3.39. The second-order valence-corrected chi connectivity index (χ2v) is 9.17. The number of carbonyl (C=O) groups is 1. The van der Waals surface area contributed by atoms with Gasteiger partial charge >= 0.3 is 0 Å². The number of amides is 1.